The zero-order chi connectivity index (χ0) is 16.1. The van der Waals surface area contributed by atoms with Crippen molar-refractivity contribution < 1.29 is 37.4 Å². The molecular weight excluding hydrogens is 387 g/mol. The molecule has 3 nitrogen and oxygen atoms in total. The second-order valence-electron chi connectivity index (χ2n) is 4.73. The Balaban J connectivity index is 0.00000264. The first-order chi connectivity index (χ1) is 10.6. The molecular formula is C18H17ClNO2Y-. The molecule has 0 spiro atoms. The van der Waals surface area contributed by atoms with E-state index in [9.17, 15) is 4.79 Å². The molecule has 0 saturated carbocycles. The molecule has 0 aliphatic heterocycles. The summed E-state index contributed by atoms with van der Waals surface area (Å²) in [7, 11) is 0. The van der Waals surface area contributed by atoms with Crippen molar-refractivity contribution in [3.05, 3.63) is 51.3 Å². The summed E-state index contributed by atoms with van der Waals surface area (Å²) in [5.74, 6) is 6.24. The van der Waals surface area contributed by atoms with E-state index in [-0.39, 0.29) is 38.3 Å². The molecule has 0 amide bonds. The van der Waals surface area contributed by atoms with E-state index in [0.29, 0.717) is 35.2 Å². The SMILES string of the molecule is CC#CCOc1ccc(-c2[c-]cc(C)c(=O)n2CC)c(Cl)c1.[Y]. The van der Waals surface area contributed by atoms with Crippen LogP contribution < -0.4 is 10.3 Å². The number of benzene rings is 1. The number of aryl methyl sites for hydroxylation is 1. The number of ether oxygens (including phenoxy) is 1. The van der Waals surface area contributed by atoms with Crippen LogP contribution in [0, 0.1) is 24.8 Å². The van der Waals surface area contributed by atoms with Crippen molar-refractivity contribution in [1.29, 1.82) is 0 Å². The van der Waals surface area contributed by atoms with Gasteiger partial charge in [0.1, 0.15) is 12.4 Å². The molecule has 0 saturated heterocycles. The Kier molecular flexibility index (Phi) is 8.05. The molecule has 0 aliphatic carbocycles. The molecule has 2 rings (SSSR count). The number of halogens is 1. The van der Waals surface area contributed by atoms with Gasteiger partial charge in [0.25, 0.3) is 0 Å². The number of hydrogen-bond donors (Lipinski definition) is 0. The summed E-state index contributed by atoms with van der Waals surface area (Å²) in [5.41, 5.74) is 2.09. The molecule has 2 aromatic rings. The van der Waals surface area contributed by atoms with Crippen LogP contribution in [0.5, 0.6) is 5.75 Å². The second kappa shape index (κ2) is 9.28. The van der Waals surface area contributed by atoms with Crippen LogP contribution in [0.4, 0.5) is 0 Å². The van der Waals surface area contributed by atoms with Gasteiger partial charge in [-0.05, 0) is 31.0 Å². The van der Waals surface area contributed by atoms with Gasteiger partial charge >= 0.3 is 0 Å². The third kappa shape index (κ3) is 4.70. The van der Waals surface area contributed by atoms with Crippen molar-refractivity contribution in [1.82, 2.24) is 4.57 Å². The van der Waals surface area contributed by atoms with Crippen LogP contribution in [0.2, 0.25) is 5.02 Å². The molecule has 0 fully saturated rings. The van der Waals surface area contributed by atoms with Crippen LogP contribution in [0.1, 0.15) is 19.4 Å². The first-order valence-electron chi connectivity index (χ1n) is 7.03. The molecule has 0 N–H and O–H groups in total. The molecule has 5 heteroatoms. The molecule has 1 aromatic carbocycles. The first-order valence-corrected chi connectivity index (χ1v) is 7.40. The Morgan fingerprint density at radius 1 is 1.39 bits per heavy atom. The minimum Gasteiger partial charge on any atom is -0.481 e. The molecule has 1 radical (unpaired) electrons. The summed E-state index contributed by atoms with van der Waals surface area (Å²) in [6.07, 6.45) is 0. The van der Waals surface area contributed by atoms with E-state index in [0.717, 1.165) is 5.56 Å². The maximum atomic E-state index is 12.2. The fourth-order valence-electron chi connectivity index (χ4n) is 2.12. The van der Waals surface area contributed by atoms with Crippen molar-refractivity contribution in [2.24, 2.45) is 0 Å². The summed E-state index contributed by atoms with van der Waals surface area (Å²) < 4.78 is 7.15. The van der Waals surface area contributed by atoms with Gasteiger partial charge in [-0.3, -0.25) is 4.79 Å². The van der Waals surface area contributed by atoms with Gasteiger partial charge in [0.05, 0.1) is 0 Å². The number of pyridine rings is 1. The summed E-state index contributed by atoms with van der Waals surface area (Å²) in [6, 6.07) is 10.2. The fourth-order valence-corrected chi connectivity index (χ4v) is 2.38. The molecule has 1 heterocycles. The number of nitrogens with zero attached hydrogens (tertiary/aromatic N) is 1. The van der Waals surface area contributed by atoms with Crippen molar-refractivity contribution >= 4 is 11.6 Å². The molecule has 117 valence electrons. The molecule has 0 unspecified atom stereocenters. The van der Waals surface area contributed by atoms with Crippen molar-refractivity contribution in [3.63, 3.8) is 0 Å². The molecule has 0 atom stereocenters. The fraction of sp³-hybridized carbons (Fsp3) is 0.278. The van der Waals surface area contributed by atoms with Gasteiger partial charge in [-0.1, -0.05) is 41.3 Å². The van der Waals surface area contributed by atoms with Crippen LogP contribution in [-0.4, -0.2) is 11.2 Å². The van der Waals surface area contributed by atoms with E-state index in [2.05, 4.69) is 17.9 Å². The quantitative estimate of drug-likeness (QED) is 0.576. The average molecular weight is 404 g/mol. The van der Waals surface area contributed by atoms with Gasteiger partial charge in [0, 0.05) is 39.3 Å². The summed E-state index contributed by atoms with van der Waals surface area (Å²) in [4.78, 5) is 12.2. The standard InChI is InChI=1S/C18H17ClNO2.Y/c1-4-6-11-22-14-8-9-15(16(19)12-14)17-10-7-13(3)18(21)20(17)5-2;/h7-9,12H,5,11H2,1-3H3;/q-1;. The Morgan fingerprint density at radius 2 is 2.13 bits per heavy atom. The van der Waals surface area contributed by atoms with E-state index in [1.165, 1.54) is 0 Å². The van der Waals surface area contributed by atoms with Gasteiger partial charge in [-0.25, -0.2) is 0 Å². The largest absolute Gasteiger partial charge is 0.481 e. The van der Waals surface area contributed by atoms with E-state index in [1.807, 2.05) is 19.1 Å². The van der Waals surface area contributed by atoms with Gasteiger partial charge in [-0.15, -0.1) is 12.0 Å². The van der Waals surface area contributed by atoms with Gasteiger partial charge in [0.2, 0.25) is 0 Å². The van der Waals surface area contributed by atoms with Crippen LogP contribution >= 0.6 is 11.6 Å². The zero-order valence-corrected chi connectivity index (χ0v) is 17.0. The Hall–Kier alpha value is -1.08. The Bertz CT molecular complexity index is 803. The number of hydrogen-bond acceptors (Lipinski definition) is 2. The Labute approximate surface area is 166 Å². The minimum absolute atomic E-state index is 0. The van der Waals surface area contributed by atoms with E-state index >= 15 is 0 Å². The van der Waals surface area contributed by atoms with Crippen molar-refractivity contribution in [2.75, 3.05) is 6.61 Å². The summed E-state index contributed by atoms with van der Waals surface area (Å²) in [5, 5.41) is 0.517. The van der Waals surface area contributed by atoms with Crippen molar-refractivity contribution in [3.8, 4) is 28.8 Å². The second-order valence-corrected chi connectivity index (χ2v) is 5.13. The average Bonchev–Trinajstić information content (AvgIpc) is 2.51. The van der Waals surface area contributed by atoms with E-state index in [4.69, 9.17) is 16.3 Å². The third-order valence-electron chi connectivity index (χ3n) is 3.28. The molecule has 1 aromatic heterocycles. The maximum Gasteiger partial charge on any atom is 0.197 e. The monoisotopic (exact) mass is 403 g/mol. The van der Waals surface area contributed by atoms with E-state index in [1.54, 1.807) is 30.5 Å². The Morgan fingerprint density at radius 3 is 2.74 bits per heavy atom. The van der Waals surface area contributed by atoms with Crippen molar-refractivity contribution in [2.45, 2.75) is 27.3 Å². The molecule has 0 aliphatic rings. The van der Waals surface area contributed by atoms with Crippen LogP contribution in [0.3, 0.4) is 0 Å². The van der Waals surface area contributed by atoms with Gasteiger partial charge < -0.3 is 9.30 Å². The number of rotatable bonds is 4. The predicted molar refractivity (Wildman–Crippen MR) is 89.3 cm³/mol. The van der Waals surface area contributed by atoms with Gasteiger partial charge in [0.15, 0.2) is 5.56 Å². The van der Waals surface area contributed by atoms with E-state index < -0.39 is 0 Å². The summed E-state index contributed by atoms with van der Waals surface area (Å²) in [6.45, 7) is 6.35. The normalized spacial score (nSPS) is 9.57. The maximum absolute atomic E-state index is 12.2. The smallest absolute Gasteiger partial charge is 0.197 e. The van der Waals surface area contributed by atoms with Crippen LogP contribution in [-0.2, 0) is 39.3 Å². The van der Waals surface area contributed by atoms with Crippen LogP contribution in [0.15, 0.2) is 29.1 Å². The van der Waals surface area contributed by atoms with Crippen LogP contribution in [0.25, 0.3) is 11.3 Å². The zero-order valence-electron chi connectivity index (χ0n) is 13.4. The minimum atomic E-state index is -0.0223. The first kappa shape index (κ1) is 20.0. The van der Waals surface area contributed by atoms with Gasteiger partial charge in [-0.2, -0.15) is 12.1 Å². The molecule has 0 bridgehead atoms. The topological polar surface area (TPSA) is 31.2 Å². The third-order valence-corrected chi connectivity index (χ3v) is 3.59. The summed E-state index contributed by atoms with van der Waals surface area (Å²) >= 11 is 6.35. The predicted octanol–water partition coefficient (Wildman–Crippen LogP) is 3.70. The molecule has 23 heavy (non-hydrogen) atoms. The number of aromatic nitrogens is 1.